The van der Waals surface area contributed by atoms with Gasteiger partial charge in [0.25, 0.3) is 5.91 Å². The van der Waals surface area contributed by atoms with Gasteiger partial charge >= 0.3 is 0 Å². The van der Waals surface area contributed by atoms with Crippen molar-refractivity contribution in [1.82, 2.24) is 5.16 Å². The van der Waals surface area contributed by atoms with Gasteiger partial charge in [0.1, 0.15) is 23.9 Å². The Morgan fingerprint density at radius 2 is 1.81 bits per heavy atom. The number of carbonyl (C=O) groups excluding carboxylic acids is 1. The first kappa shape index (κ1) is 18.6. The van der Waals surface area contributed by atoms with Crippen molar-refractivity contribution >= 4 is 11.6 Å². The third-order valence-electron chi connectivity index (χ3n) is 4.29. The van der Waals surface area contributed by atoms with Crippen LogP contribution in [0.15, 0.2) is 40.9 Å². The molecule has 3 aromatic rings. The van der Waals surface area contributed by atoms with Crippen LogP contribution in [0.2, 0.25) is 0 Å². The molecular formula is C21H21FN2O3. The zero-order valence-corrected chi connectivity index (χ0v) is 15.7. The zero-order valence-electron chi connectivity index (χ0n) is 15.7. The lowest BCUT2D eigenvalue weighted by Crippen LogP contribution is -2.16. The highest BCUT2D eigenvalue weighted by atomic mass is 19.1. The molecule has 6 heteroatoms. The highest BCUT2D eigenvalue weighted by Gasteiger charge is 2.21. The third kappa shape index (κ3) is 4.16. The van der Waals surface area contributed by atoms with Crippen molar-refractivity contribution in [3.63, 3.8) is 0 Å². The first-order valence-corrected chi connectivity index (χ1v) is 8.58. The molecule has 0 radical (unpaired) electrons. The van der Waals surface area contributed by atoms with Crippen molar-refractivity contribution in [3.8, 4) is 5.75 Å². The third-order valence-corrected chi connectivity index (χ3v) is 4.29. The molecule has 0 aliphatic rings. The summed E-state index contributed by atoms with van der Waals surface area (Å²) in [6.45, 7) is 7.58. The second-order valence-electron chi connectivity index (χ2n) is 6.56. The summed E-state index contributed by atoms with van der Waals surface area (Å²) >= 11 is 0. The Kier molecular flexibility index (Phi) is 5.26. The van der Waals surface area contributed by atoms with Crippen molar-refractivity contribution in [3.05, 3.63) is 75.9 Å². The SMILES string of the molecule is Cc1ccc(F)c(NC(=O)c2noc(C)c2COc2cc(C)ccc2C)c1. The minimum atomic E-state index is -0.545. The lowest BCUT2D eigenvalue weighted by atomic mass is 10.1. The summed E-state index contributed by atoms with van der Waals surface area (Å²) in [7, 11) is 0. The van der Waals surface area contributed by atoms with Crippen molar-refractivity contribution in [1.29, 1.82) is 0 Å². The maximum atomic E-state index is 13.9. The largest absolute Gasteiger partial charge is 0.488 e. The summed E-state index contributed by atoms with van der Waals surface area (Å²) < 4.78 is 25.0. The van der Waals surface area contributed by atoms with Crippen LogP contribution in [0.1, 0.15) is 38.5 Å². The lowest BCUT2D eigenvalue weighted by Gasteiger charge is -2.11. The highest BCUT2D eigenvalue weighted by Crippen LogP contribution is 2.23. The van der Waals surface area contributed by atoms with Gasteiger partial charge in [0, 0.05) is 0 Å². The maximum absolute atomic E-state index is 13.9. The number of nitrogens with zero attached hydrogens (tertiary/aromatic N) is 1. The number of hydrogen-bond donors (Lipinski definition) is 1. The number of halogens is 1. The Hall–Kier alpha value is -3.15. The van der Waals surface area contributed by atoms with E-state index in [1.165, 1.54) is 6.07 Å². The van der Waals surface area contributed by atoms with Crippen molar-refractivity contribution < 1.29 is 18.4 Å². The fourth-order valence-corrected chi connectivity index (χ4v) is 2.67. The van der Waals surface area contributed by atoms with Crippen LogP contribution in [-0.2, 0) is 6.61 Å². The molecule has 0 saturated heterocycles. The van der Waals surface area contributed by atoms with E-state index in [0.717, 1.165) is 22.4 Å². The highest BCUT2D eigenvalue weighted by molar-refractivity contribution is 6.04. The molecule has 27 heavy (non-hydrogen) atoms. The van der Waals surface area contributed by atoms with E-state index >= 15 is 0 Å². The molecule has 0 aliphatic heterocycles. The van der Waals surface area contributed by atoms with Gasteiger partial charge in [0.05, 0.1) is 11.3 Å². The molecule has 0 atom stereocenters. The van der Waals surface area contributed by atoms with Crippen LogP contribution in [0.4, 0.5) is 10.1 Å². The Balaban J connectivity index is 1.80. The quantitative estimate of drug-likeness (QED) is 0.697. The molecule has 0 bridgehead atoms. The van der Waals surface area contributed by atoms with E-state index in [2.05, 4.69) is 10.5 Å². The summed E-state index contributed by atoms with van der Waals surface area (Å²) in [4.78, 5) is 12.6. The molecule has 1 N–H and O–H groups in total. The number of anilines is 1. The molecule has 2 aromatic carbocycles. The molecule has 0 spiro atoms. The molecule has 0 saturated carbocycles. The fourth-order valence-electron chi connectivity index (χ4n) is 2.67. The van der Waals surface area contributed by atoms with Crippen LogP contribution >= 0.6 is 0 Å². The smallest absolute Gasteiger partial charge is 0.278 e. The number of aromatic nitrogens is 1. The topological polar surface area (TPSA) is 64.4 Å². The van der Waals surface area contributed by atoms with E-state index in [4.69, 9.17) is 9.26 Å². The average Bonchev–Trinajstić information content (AvgIpc) is 2.99. The summed E-state index contributed by atoms with van der Waals surface area (Å²) in [5, 5.41) is 6.37. The fraction of sp³-hybridized carbons (Fsp3) is 0.238. The van der Waals surface area contributed by atoms with Gasteiger partial charge in [-0.2, -0.15) is 0 Å². The Morgan fingerprint density at radius 1 is 1.11 bits per heavy atom. The van der Waals surface area contributed by atoms with Gasteiger partial charge in [0.15, 0.2) is 5.69 Å². The van der Waals surface area contributed by atoms with E-state index in [-0.39, 0.29) is 18.0 Å². The van der Waals surface area contributed by atoms with Gasteiger partial charge in [-0.05, 0) is 62.6 Å². The average molecular weight is 368 g/mol. The predicted molar refractivity (Wildman–Crippen MR) is 101 cm³/mol. The molecule has 1 aromatic heterocycles. The first-order valence-electron chi connectivity index (χ1n) is 8.58. The van der Waals surface area contributed by atoms with Gasteiger partial charge in [-0.1, -0.05) is 23.4 Å². The molecule has 0 unspecified atom stereocenters. The van der Waals surface area contributed by atoms with Gasteiger partial charge < -0.3 is 14.6 Å². The number of hydrogen-bond acceptors (Lipinski definition) is 4. The molecule has 5 nitrogen and oxygen atoms in total. The van der Waals surface area contributed by atoms with E-state index in [1.807, 2.05) is 39.0 Å². The molecule has 0 aliphatic carbocycles. The second-order valence-corrected chi connectivity index (χ2v) is 6.56. The summed E-state index contributed by atoms with van der Waals surface area (Å²) in [5.74, 6) is 0.153. The monoisotopic (exact) mass is 368 g/mol. The van der Waals surface area contributed by atoms with Gasteiger partial charge in [-0.15, -0.1) is 0 Å². The number of aryl methyl sites for hydroxylation is 4. The Morgan fingerprint density at radius 3 is 2.59 bits per heavy atom. The lowest BCUT2D eigenvalue weighted by molar-refractivity contribution is 0.101. The molecule has 140 valence electrons. The molecule has 3 rings (SSSR count). The van der Waals surface area contributed by atoms with Crippen LogP contribution in [0.3, 0.4) is 0 Å². The Labute approximate surface area is 157 Å². The van der Waals surface area contributed by atoms with Crippen LogP contribution in [-0.4, -0.2) is 11.1 Å². The van der Waals surface area contributed by atoms with Gasteiger partial charge in [-0.3, -0.25) is 4.79 Å². The number of nitrogens with one attached hydrogen (secondary N) is 1. The van der Waals surface area contributed by atoms with E-state index < -0.39 is 11.7 Å². The van der Waals surface area contributed by atoms with E-state index in [0.29, 0.717) is 11.3 Å². The minimum Gasteiger partial charge on any atom is -0.488 e. The van der Waals surface area contributed by atoms with Crippen molar-refractivity contribution in [2.75, 3.05) is 5.32 Å². The summed E-state index contributed by atoms with van der Waals surface area (Å²) in [6, 6.07) is 10.4. The summed E-state index contributed by atoms with van der Waals surface area (Å²) in [5.41, 5.74) is 3.61. The summed E-state index contributed by atoms with van der Waals surface area (Å²) in [6.07, 6.45) is 0. The minimum absolute atomic E-state index is 0.0821. The van der Waals surface area contributed by atoms with Crippen LogP contribution < -0.4 is 10.1 Å². The van der Waals surface area contributed by atoms with Crippen LogP contribution in [0.25, 0.3) is 0 Å². The zero-order chi connectivity index (χ0) is 19.6. The predicted octanol–water partition coefficient (Wildman–Crippen LogP) is 4.88. The Bertz CT molecular complexity index is 995. The number of rotatable bonds is 5. The van der Waals surface area contributed by atoms with Gasteiger partial charge in [-0.25, -0.2) is 4.39 Å². The van der Waals surface area contributed by atoms with Crippen molar-refractivity contribution in [2.45, 2.75) is 34.3 Å². The molecular weight excluding hydrogens is 347 g/mol. The molecule has 1 amide bonds. The molecule has 0 fully saturated rings. The van der Waals surface area contributed by atoms with Crippen LogP contribution in [0.5, 0.6) is 5.75 Å². The number of carbonyl (C=O) groups is 1. The van der Waals surface area contributed by atoms with Gasteiger partial charge in [0.2, 0.25) is 0 Å². The normalized spacial score (nSPS) is 10.7. The maximum Gasteiger partial charge on any atom is 0.278 e. The van der Waals surface area contributed by atoms with E-state index in [9.17, 15) is 9.18 Å². The van der Waals surface area contributed by atoms with Crippen molar-refractivity contribution in [2.24, 2.45) is 0 Å². The number of ether oxygens (including phenoxy) is 1. The number of amides is 1. The second kappa shape index (κ2) is 7.61. The van der Waals surface area contributed by atoms with E-state index in [1.54, 1.807) is 19.1 Å². The van der Waals surface area contributed by atoms with Crippen LogP contribution in [0, 0.1) is 33.5 Å². The molecule has 1 heterocycles. The number of benzene rings is 2. The first-order chi connectivity index (χ1) is 12.8. The standard InChI is InChI=1S/C21H21FN2O3/c1-12-6-8-17(22)18(9-12)23-21(25)20-16(15(4)27-24-20)11-26-19-10-13(2)5-7-14(19)3/h5-10H,11H2,1-4H3,(H,23,25).